The Morgan fingerprint density at radius 1 is 1.08 bits per heavy atom. The van der Waals surface area contributed by atoms with Gasteiger partial charge in [-0.1, -0.05) is 6.92 Å². The third-order valence-electron chi connectivity index (χ3n) is 1.82. The molecule has 0 heterocycles. The summed E-state index contributed by atoms with van der Waals surface area (Å²) in [7, 11) is 0. The van der Waals surface area contributed by atoms with E-state index in [1.807, 2.05) is 6.92 Å². The van der Waals surface area contributed by atoms with Gasteiger partial charge in [-0.15, -0.1) is 0 Å². The standard InChI is InChI=1S/C9H23N4/c1-2-9(12-7-3-5-10)13-8-4-6-11/h2,9,12-13H,3-8,10-11H2,1H3. The predicted octanol–water partition coefficient (Wildman–Crippen LogP) is -0.587. The van der Waals surface area contributed by atoms with E-state index < -0.39 is 0 Å². The Morgan fingerprint density at radius 2 is 1.54 bits per heavy atom. The topological polar surface area (TPSA) is 76.1 Å². The van der Waals surface area contributed by atoms with Gasteiger partial charge in [-0.3, -0.25) is 0 Å². The molecule has 0 saturated carbocycles. The van der Waals surface area contributed by atoms with Gasteiger partial charge in [0.1, 0.15) is 0 Å². The van der Waals surface area contributed by atoms with Gasteiger partial charge < -0.3 is 22.1 Å². The maximum Gasteiger partial charge on any atom is 0.0601 e. The van der Waals surface area contributed by atoms with Crippen molar-refractivity contribution in [2.45, 2.75) is 25.9 Å². The van der Waals surface area contributed by atoms with Gasteiger partial charge in [0.2, 0.25) is 0 Å². The van der Waals surface area contributed by atoms with E-state index in [2.05, 4.69) is 17.1 Å². The third-order valence-corrected chi connectivity index (χ3v) is 1.82. The van der Waals surface area contributed by atoms with E-state index in [0.717, 1.165) is 39.0 Å². The first kappa shape index (κ1) is 12.8. The second-order valence-electron chi connectivity index (χ2n) is 3.00. The van der Waals surface area contributed by atoms with Crippen molar-refractivity contribution >= 4 is 0 Å². The number of nitrogens with two attached hydrogens (primary N) is 2. The zero-order valence-electron chi connectivity index (χ0n) is 8.55. The lowest BCUT2D eigenvalue weighted by atomic mass is 10.3. The lowest BCUT2D eigenvalue weighted by Crippen LogP contribution is -2.43. The molecule has 0 unspecified atom stereocenters. The van der Waals surface area contributed by atoms with Crippen LogP contribution in [0, 0.1) is 6.42 Å². The fourth-order valence-corrected chi connectivity index (χ4v) is 1.03. The Balaban J connectivity index is 3.28. The zero-order chi connectivity index (χ0) is 9.94. The van der Waals surface area contributed by atoms with Crippen molar-refractivity contribution < 1.29 is 0 Å². The first-order valence-corrected chi connectivity index (χ1v) is 5.01. The summed E-state index contributed by atoms with van der Waals surface area (Å²) in [4.78, 5) is 0. The van der Waals surface area contributed by atoms with Crippen LogP contribution in [0.25, 0.3) is 0 Å². The van der Waals surface area contributed by atoms with E-state index in [1.165, 1.54) is 0 Å². The van der Waals surface area contributed by atoms with Crippen molar-refractivity contribution in [3.05, 3.63) is 6.42 Å². The fraction of sp³-hybridized carbons (Fsp3) is 0.889. The molecule has 79 valence electrons. The van der Waals surface area contributed by atoms with Crippen LogP contribution in [0.1, 0.15) is 19.8 Å². The van der Waals surface area contributed by atoms with Crippen LogP contribution in [-0.2, 0) is 0 Å². The molecular formula is C9H23N4. The molecule has 0 amide bonds. The lowest BCUT2D eigenvalue weighted by Gasteiger charge is -2.17. The van der Waals surface area contributed by atoms with Gasteiger partial charge in [0.15, 0.2) is 0 Å². The summed E-state index contributed by atoms with van der Waals surface area (Å²) in [5.41, 5.74) is 10.8. The zero-order valence-corrected chi connectivity index (χ0v) is 8.55. The second-order valence-corrected chi connectivity index (χ2v) is 3.00. The first-order valence-electron chi connectivity index (χ1n) is 5.01. The molecule has 0 fully saturated rings. The molecule has 0 spiro atoms. The van der Waals surface area contributed by atoms with Crippen LogP contribution in [0.15, 0.2) is 0 Å². The fourth-order valence-electron chi connectivity index (χ4n) is 1.03. The molecule has 4 nitrogen and oxygen atoms in total. The van der Waals surface area contributed by atoms with Gasteiger partial charge in [0.25, 0.3) is 0 Å². The largest absolute Gasteiger partial charge is 0.330 e. The van der Waals surface area contributed by atoms with Crippen LogP contribution in [0.2, 0.25) is 0 Å². The molecule has 0 aromatic heterocycles. The molecule has 1 radical (unpaired) electrons. The summed E-state index contributed by atoms with van der Waals surface area (Å²) in [5.74, 6) is 0. The minimum absolute atomic E-state index is 0.290. The predicted molar refractivity (Wildman–Crippen MR) is 57.1 cm³/mol. The molecule has 0 saturated heterocycles. The summed E-state index contributed by atoms with van der Waals surface area (Å²) in [5, 5.41) is 6.68. The van der Waals surface area contributed by atoms with Crippen LogP contribution < -0.4 is 22.1 Å². The molecule has 0 aromatic rings. The number of nitrogens with one attached hydrogen (secondary N) is 2. The molecule has 4 heteroatoms. The first-order chi connectivity index (χ1) is 6.35. The normalized spacial score (nSPS) is 11.1. The van der Waals surface area contributed by atoms with E-state index in [1.54, 1.807) is 0 Å². The average Bonchev–Trinajstić information content (AvgIpc) is 2.16. The quantitative estimate of drug-likeness (QED) is 0.287. The SMILES string of the molecule is C[CH]C(NCCCN)NCCCN. The summed E-state index contributed by atoms with van der Waals surface area (Å²) in [6.45, 7) is 5.44. The van der Waals surface area contributed by atoms with Crippen molar-refractivity contribution in [3.8, 4) is 0 Å². The van der Waals surface area contributed by atoms with Crippen LogP contribution in [0.4, 0.5) is 0 Å². The molecule has 0 atom stereocenters. The second kappa shape index (κ2) is 9.92. The highest BCUT2D eigenvalue weighted by Gasteiger charge is 2.02. The smallest absolute Gasteiger partial charge is 0.0601 e. The Kier molecular flexibility index (Phi) is 9.80. The highest BCUT2D eigenvalue weighted by atomic mass is 15.1. The molecule has 6 N–H and O–H groups in total. The minimum Gasteiger partial charge on any atom is -0.330 e. The van der Waals surface area contributed by atoms with Crippen molar-refractivity contribution in [1.29, 1.82) is 0 Å². The third kappa shape index (κ3) is 8.18. The van der Waals surface area contributed by atoms with Crippen LogP contribution in [0.5, 0.6) is 0 Å². The number of hydrogen-bond donors (Lipinski definition) is 4. The highest BCUT2D eigenvalue weighted by molar-refractivity contribution is 4.76. The minimum atomic E-state index is 0.290. The lowest BCUT2D eigenvalue weighted by molar-refractivity contribution is 0.462. The Morgan fingerprint density at radius 3 is 1.85 bits per heavy atom. The monoisotopic (exact) mass is 187 g/mol. The van der Waals surface area contributed by atoms with E-state index in [4.69, 9.17) is 11.5 Å². The molecule has 0 aromatic carbocycles. The molecule has 0 bridgehead atoms. The number of rotatable bonds is 9. The molecule has 0 aliphatic heterocycles. The number of hydrogen-bond acceptors (Lipinski definition) is 4. The van der Waals surface area contributed by atoms with Gasteiger partial charge in [-0.05, 0) is 45.4 Å². The van der Waals surface area contributed by atoms with E-state index in [0.29, 0.717) is 0 Å². The van der Waals surface area contributed by atoms with Crippen LogP contribution in [-0.4, -0.2) is 32.3 Å². The van der Waals surface area contributed by atoms with Gasteiger partial charge in [-0.2, -0.15) is 0 Å². The van der Waals surface area contributed by atoms with Crippen molar-refractivity contribution in [3.63, 3.8) is 0 Å². The van der Waals surface area contributed by atoms with Gasteiger partial charge in [-0.25, -0.2) is 0 Å². The maximum absolute atomic E-state index is 5.39. The molecule has 13 heavy (non-hydrogen) atoms. The van der Waals surface area contributed by atoms with Crippen LogP contribution in [0.3, 0.4) is 0 Å². The van der Waals surface area contributed by atoms with Gasteiger partial charge in [0.05, 0.1) is 6.17 Å². The molecular weight excluding hydrogens is 164 g/mol. The van der Waals surface area contributed by atoms with E-state index in [-0.39, 0.29) is 6.17 Å². The molecule has 0 rings (SSSR count). The van der Waals surface area contributed by atoms with Crippen molar-refractivity contribution in [2.75, 3.05) is 26.2 Å². The van der Waals surface area contributed by atoms with E-state index >= 15 is 0 Å². The highest BCUT2D eigenvalue weighted by Crippen LogP contribution is 1.85. The maximum atomic E-state index is 5.39. The summed E-state index contributed by atoms with van der Waals surface area (Å²) < 4.78 is 0. The summed E-state index contributed by atoms with van der Waals surface area (Å²) in [6.07, 6.45) is 4.43. The van der Waals surface area contributed by atoms with Crippen molar-refractivity contribution in [2.24, 2.45) is 11.5 Å². The summed E-state index contributed by atoms with van der Waals surface area (Å²) in [6, 6.07) is 0. The molecule has 0 aliphatic rings. The van der Waals surface area contributed by atoms with E-state index in [9.17, 15) is 0 Å². The Bertz CT molecular complexity index is 87.6. The van der Waals surface area contributed by atoms with Crippen molar-refractivity contribution in [1.82, 2.24) is 10.6 Å². The van der Waals surface area contributed by atoms with Gasteiger partial charge >= 0.3 is 0 Å². The Hall–Kier alpha value is -0.160. The average molecular weight is 187 g/mol. The molecule has 0 aliphatic carbocycles. The van der Waals surface area contributed by atoms with Crippen LogP contribution >= 0.6 is 0 Å². The van der Waals surface area contributed by atoms with Gasteiger partial charge in [0, 0.05) is 0 Å². The Labute approximate surface area is 81.4 Å². The summed E-state index contributed by atoms with van der Waals surface area (Å²) >= 11 is 0.